The molecule has 0 amide bonds. The first kappa shape index (κ1) is 16.6. The van der Waals surface area contributed by atoms with Gasteiger partial charge in [-0.3, -0.25) is 0 Å². The molecule has 24 heavy (non-hydrogen) atoms. The van der Waals surface area contributed by atoms with Gasteiger partial charge >= 0.3 is 0 Å². The smallest absolute Gasteiger partial charge is 0.0505 e. The van der Waals surface area contributed by atoms with Gasteiger partial charge in [-0.25, -0.2) is 0 Å². The Balaban J connectivity index is 1.55. The van der Waals surface area contributed by atoms with Gasteiger partial charge in [0.25, 0.3) is 0 Å². The number of piperidine rings is 2. The standard InChI is InChI=1S/C21H25IN2/c22-19-10-5-4-9-18(19)17-11-13-21(24-15-17)12-6-14-23-20(21)16-7-2-1-3-8-16/h1-5,7-10,17,20,23-24H,6,11-15H2/t17-,20?,21-/m0/s1. The van der Waals surface area contributed by atoms with Gasteiger partial charge < -0.3 is 10.6 Å². The maximum atomic E-state index is 3.99. The van der Waals surface area contributed by atoms with E-state index in [2.05, 4.69) is 87.8 Å². The van der Waals surface area contributed by atoms with Crippen molar-refractivity contribution in [3.63, 3.8) is 0 Å². The van der Waals surface area contributed by atoms with E-state index in [9.17, 15) is 0 Å². The van der Waals surface area contributed by atoms with Crippen LogP contribution in [-0.2, 0) is 0 Å². The number of hydrogen-bond donors (Lipinski definition) is 2. The summed E-state index contributed by atoms with van der Waals surface area (Å²) in [6.45, 7) is 2.22. The summed E-state index contributed by atoms with van der Waals surface area (Å²) in [7, 11) is 0. The lowest BCUT2D eigenvalue weighted by atomic mass is 9.71. The second kappa shape index (κ2) is 7.14. The number of nitrogens with one attached hydrogen (secondary N) is 2. The summed E-state index contributed by atoms with van der Waals surface area (Å²) in [6.07, 6.45) is 5.06. The van der Waals surface area contributed by atoms with Crippen molar-refractivity contribution in [3.05, 3.63) is 69.3 Å². The van der Waals surface area contributed by atoms with Crippen molar-refractivity contribution in [1.29, 1.82) is 0 Å². The Morgan fingerprint density at radius 2 is 1.75 bits per heavy atom. The fraction of sp³-hybridized carbons (Fsp3) is 0.429. The zero-order valence-corrected chi connectivity index (χ0v) is 16.1. The van der Waals surface area contributed by atoms with E-state index in [1.165, 1.54) is 40.4 Å². The fourth-order valence-electron chi connectivity index (χ4n) is 4.55. The normalized spacial score (nSPS) is 30.4. The second-order valence-corrected chi connectivity index (χ2v) is 8.36. The molecule has 1 spiro atoms. The van der Waals surface area contributed by atoms with E-state index in [0.717, 1.165) is 13.1 Å². The van der Waals surface area contributed by atoms with Crippen LogP contribution in [0, 0.1) is 3.57 Å². The van der Waals surface area contributed by atoms with Crippen molar-refractivity contribution in [2.24, 2.45) is 0 Å². The Bertz CT molecular complexity index is 677. The minimum Gasteiger partial charge on any atom is -0.309 e. The molecule has 2 aromatic rings. The fourth-order valence-corrected chi connectivity index (χ4v) is 5.38. The van der Waals surface area contributed by atoms with Crippen LogP contribution in [0.5, 0.6) is 0 Å². The average Bonchev–Trinajstić information content (AvgIpc) is 2.64. The van der Waals surface area contributed by atoms with Gasteiger partial charge in [0, 0.05) is 15.7 Å². The quantitative estimate of drug-likeness (QED) is 0.677. The first-order valence-electron chi connectivity index (χ1n) is 9.06. The molecule has 0 saturated carbocycles. The molecule has 2 aliphatic heterocycles. The summed E-state index contributed by atoms with van der Waals surface area (Å²) in [4.78, 5) is 0. The van der Waals surface area contributed by atoms with E-state index in [0.29, 0.717) is 12.0 Å². The van der Waals surface area contributed by atoms with Crippen molar-refractivity contribution >= 4 is 22.6 Å². The zero-order chi connectivity index (χ0) is 16.4. The molecular formula is C21H25IN2. The van der Waals surface area contributed by atoms with Crippen molar-refractivity contribution in [2.45, 2.75) is 43.2 Å². The van der Waals surface area contributed by atoms with Gasteiger partial charge in [-0.05, 0) is 77.9 Å². The van der Waals surface area contributed by atoms with Crippen LogP contribution < -0.4 is 10.6 Å². The van der Waals surface area contributed by atoms with Crippen molar-refractivity contribution in [3.8, 4) is 0 Å². The minimum atomic E-state index is 0.219. The highest BCUT2D eigenvalue weighted by atomic mass is 127. The first-order chi connectivity index (χ1) is 11.8. The summed E-state index contributed by atoms with van der Waals surface area (Å²) < 4.78 is 1.40. The molecule has 2 saturated heterocycles. The summed E-state index contributed by atoms with van der Waals surface area (Å²) in [6, 6.07) is 20.3. The lowest BCUT2D eigenvalue weighted by Crippen LogP contribution is -2.60. The molecule has 2 aromatic carbocycles. The predicted molar refractivity (Wildman–Crippen MR) is 108 cm³/mol. The maximum Gasteiger partial charge on any atom is 0.0505 e. The first-order valence-corrected chi connectivity index (χ1v) is 10.1. The van der Waals surface area contributed by atoms with Crippen LogP contribution in [0.4, 0.5) is 0 Å². The predicted octanol–water partition coefficient (Wildman–Crippen LogP) is 4.62. The number of halogens is 1. The number of benzene rings is 2. The zero-order valence-electron chi connectivity index (χ0n) is 14.0. The van der Waals surface area contributed by atoms with Gasteiger partial charge in [0.15, 0.2) is 0 Å². The van der Waals surface area contributed by atoms with Crippen LogP contribution in [0.25, 0.3) is 0 Å². The van der Waals surface area contributed by atoms with Crippen LogP contribution in [-0.4, -0.2) is 18.6 Å². The molecule has 126 valence electrons. The summed E-state index contributed by atoms with van der Waals surface area (Å²) in [5.74, 6) is 0.641. The van der Waals surface area contributed by atoms with Gasteiger partial charge in [-0.2, -0.15) is 0 Å². The number of rotatable bonds is 2. The molecule has 3 heteroatoms. The van der Waals surface area contributed by atoms with Crippen LogP contribution >= 0.6 is 22.6 Å². The van der Waals surface area contributed by atoms with Crippen LogP contribution in [0.3, 0.4) is 0 Å². The van der Waals surface area contributed by atoms with E-state index >= 15 is 0 Å². The van der Waals surface area contributed by atoms with E-state index in [4.69, 9.17) is 0 Å². The van der Waals surface area contributed by atoms with Crippen molar-refractivity contribution < 1.29 is 0 Å². The van der Waals surface area contributed by atoms with Gasteiger partial charge in [-0.1, -0.05) is 48.5 Å². The van der Waals surface area contributed by atoms with Crippen molar-refractivity contribution in [2.75, 3.05) is 13.1 Å². The molecule has 2 fully saturated rings. The van der Waals surface area contributed by atoms with Gasteiger partial charge in [-0.15, -0.1) is 0 Å². The molecule has 2 heterocycles. The molecule has 4 rings (SSSR count). The highest BCUT2D eigenvalue weighted by molar-refractivity contribution is 14.1. The van der Waals surface area contributed by atoms with Crippen LogP contribution in [0.1, 0.15) is 48.8 Å². The monoisotopic (exact) mass is 432 g/mol. The Morgan fingerprint density at radius 1 is 0.958 bits per heavy atom. The molecule has 3 atom stereocenters. The van der Waals surface area contributed by atoms with E-state index in [1.807, 2.05) is 0 Å². The summed E-state index contributed by atoms with van der Waals surface area (Å²) >= 11 is 2.48. The molecular weight excluding hydrogens is 407 g/mol. The van der Waals surface area contributed by atoms with Crippen LogP contribution in [0.15, 0.2) is 54.6 Å². The molecule has 1 unspecified atom stereocenters. The molecule has 0 aromatic heterocycles. The Hall–Kier alpha value is -0.910. The molecule has 0 aliphatic carbocycles. The highest BCUT2D eigenvalue weighted by Crippen LogP contribution is 2.42. The summed E-state index contributed by atoms with van der Waals surface area (Å²) in [5.41, 5.74) is 3.16. The van der Waals surface area contributed by atoms with E-state index < -0.39 is 0 Å². The lowest BCUT2D eigenvalue weighted by molar-refractivity contribution is 0.131. The molecule has 2 aliphatic rings. The Kier molecular flexibility index (Phi) is 4.93. The van der Waals surface area contributed by atoms with Gasteiger partial charge in [0.05, 0.1) is 6.04 Å². The van der Waals surface area contributed by atoms with Crippen molar-refractivity contribution in [1.82, 2.24) is 10.6 Å². The number of hydrogen-bond acceptors (Lipinski definition) is 2. The van der Waals surface area contributed by atoms with Gasteiger partial charge in [0.1, 0.15) is 0 Å². The SMILES string of the molecule is Ic1ccccc1[C@H]1CC[C@]2(CCCNC2c2ccccc2)NC1. The van der Waals surface area contributed by atoms with Crippen LogP contribution in [0.2, 0.25) is 0 Å². The minimum absolute atomic E-state index is 0.219. The third-order valence-electron chi connectivity index (χ3n) is 5.82. The molecule has 0 bridgehead atoms. The average molecular weight is 432 g/mol. The second-order valence-electron chi connectivity index (χ2n) is 7.20. The van der Waals surface area contributed by atoms with Gasteiger partial charge in [0.2, 0.25) is 0 Å². The third kappa shape index (κ3) is 3.14. The lowest BCUT2D eigenvalue weighted by Gasteiger charge is -2.50. The van der Waals surface area contributed by atoms with E-state index in [1.54, 1.807) is 0 Å². The summed E-state index contributed by atoms with van der Waals surface area (Å²) in [5, 5.41) is 7.79. The van der Waals surface area contributed by atoms with E-state index in [-0.39, 0.29) is 5.54 Å². The Morgan fingerprint density at radius 3 is 2.50 bits per heavy atom. The Labute approximate surface area is 158 Å². The highest BCUT2D eigenvalue weighted by Gasteiger charge is 2.43. The molecule has 2 N–H and O–H groups in total. The molecule has 0 radical (unpaired) electrons. The largest absolute Gasteiger partial charge is 0.309 e. The third-order valence-corrected chi connectivity index (χ3v) is 6.80. The topological polar surface area (TPSA) is 24.1 Å². The molecule has 2 nitrogen and oxygen atoms in total. The maximum absolute atomic E-state index is 3.99.